The van der Waals surface area contributed by atoms with Gasteiger partial charge in [-0.05, 0) is 44.1 Å². The molecule has 2 heterocycles. The van der Waals surface area contributed by atoms with Crippen LogP contribution in [0.15, 0.2) is 12.1 Å². The molecule has 0 bridgehead atoms. The van der Waals surface area contributed by atoms with E-state index in [0.717, 1.165) is 37.1 Å². The lowest BCUT2D eigenvalue weighted by Gasteiger charge is -2.47. The maximum absolute atomic E-state index is 14.6. The Bertz CT molecular complexity index is 621. The lowest BCUT2D eigenvalue weighted by atomic mass is 9.71. The number of hydrogen-bond acceptors (Lipinski definition) is 3. The molecule has 0 unspecified atom stereocenters. The van der Waals surface area contributed by atoms with Crippen LogP contribution in [0.1, 0.15) is 76.4 Å². The topological polar surface area (TPSA) is 30.5 Å². The number of fused-ring (bicyclic) bond motifs is 3. The third kappa shape index (κ3) is 4.37. The van der Waals surface area contributed by atoms with Gasteiger partial charge in [-0.3, -0.25) is 0 Å². The van der Waals surface area contributed by atoms with Gasteiger partial charge in [-0.15, -0.1) is 12.4 Å². The maximum Gasteiger partial charge on any atom is 0.167 e. The van der Waals surface area contributed by atoms with Gasteiger partial charge in [-0.1, -0.05) is 32.6 Å². The Balaban J connectivity index is 0.00000210. The van der Waals surface area contributed by atoms with Gasteiger partial charge in [0.1, 0.15) is 0 Å². The highest BCUT2D eigenvalue weighted by Gasteiger charge is 2.43. The first kappa shape index (κ1) is 20.7. The Hall–Kier alpha value is -1.00. The molecule has 0 spiro atoms. The summed E-state index contributed by atoms with van der Waals surface area (Å²) in [6.07, 6.45) is 11.0. The van der Waals surface area contributed by atoms with Gasteiger partial charge in [-0.25, -0.2) is 4.39 Å². The first-order valence-corrected chi connectivity index (χ1v) is 10.6. The fraction of sp³-hybridized carbons (Fsp3) is 0.727. The van der Waals surface area contributed by atoms with E-state index in [9.17, 15) is 4.39 Å². The predicted octanol–water partition coefficient (Wildman–Crippen LogP) is 6.27. The normalized spacial score (nSPS) is 27.7. The van der Waals surface area contributed by atoms with E-state index in [2.05, 4.69) is 12.2 Å². The van der Waals surface area contributed by atoms with Gasteiger partial charge < -0.3 is 14.8 Å². The molecule has 152 valence electrons. The summed E-state index contributed by atoms with van der Waals surface area (Å²) in [5.41, 5.74) is 2.01. The van der Waals surface area contributed by atoms with Crippen molar-refractivity contribution in [3.8, 4) is 5.75 Å². The van der Waals surface area contributed by atoms with Crippen LogP contribution in [0.2, 0.25) is 0 Å². The Morgan fingerprint density at radius 3 is 2.74 bits per heavy atom. The van der Waals surface area contributed by atoms with Crippen LogP contribution in [0.5, 0.6) is 5.75 Å². The second kappa shape index (κ2) is 9.47. The first-order chi connectivity index (χ1) is 12.8. The monoisotopic (exact) mass is 397 g/mol. The highest BCUT2D eigenvalue weighted by atomic mass is 35.5. The van der Waals surface area contributed by atoms with Crippen molar-refractivity contribution < 1.29 is 13.9 Å². The third-order valence-corrected chi connectivity index (χ3v) is 6.48. The number of anilines is 1. The molecular weight excluding hydrogens is 365 g/mol. The number of hydrogen-bond donors (Lipinski definition) is 1. The summed E-state index contributed by atoms with van der Waals surface area (Å²) < 4.78 is 26.5. The number of benzene rings is 1. The number of rotatable bonds is 5. The molecule has 1 N–H and O–H groups in total. The van der Waals surface area contributed by atoms with E-state index < -0.39 is 0 Å². The van der Waals surface area contributed by atoms with Gasteiger partial charge in [0.2, 0.25) is 0 Å². The van der Waals surface area contributed by atoms with Crippen molar-refractivity contribution in [2.75, 3.05) is 18.5 Å². The smallest absolute Gasteiger partial charge is 0.167 e. The summed E-state index contributed by atoms with van der Waals surface area (Å²) in [4.78, 5) is 0. The fourth-order valence-electron chi connectivity index (χ4n) is 5.11. The van der Waals surface area contributed by atoms with Crippen LogP contribution in [-0.2, 0) is 4.74 Å². The maximum atomic E-state index is 14.6. The average molecular weight is 398 g/mol. The van der Waals surface area contributed by atoms with Crippen LogP contribution in [0.3, 0.4) is 0 Å². The molecule has 1 saturated heterocycles. The van der Waals surface area contributed by atoms with Crippen LogP contribution in [0.4, 0.5) is 10.1 Å². The van der Waals surface area contributed by atoms with E-state index in [1.54, 1.807) is 6.07 Å². The highest BCUT2D eigenvalue weighted by molar-refractivity contribution is 5.85. The van der Waals surface area contributed by atoms with Crippen LogP contribution < -0.4 is 10.1 Å². The number of nitrogens with one attached hydrogen (secondary N) is 1. The molecule has 0 radical (unpaired) electrons. The lowest BCUT2D eigenvalue weighted by molar-refractivity contribution is -0.0459. The molecule has 1 aliphatic carbocycles. The van der Waals surface area contributed by atoms with Gasteiger partial charge in [0.15, 0.2) is 11.6 Å². The summed E-state index contributed by atoms with van der Waals surface area (Å²) >= 11 is 0. The van der Waals surface area contributed by atoms with E-state index in [-0.39, 0.29) is 24.3 Å². The first-order valence-electron chi connectivity index (χ1n) is 10.6. The number of ether oxygens (including phenoxy) is 2. The van der Waals surface area contributed by atoms with Gasteiger partial charge in [0, 0.05) is 35.9 Å². The summed E-state index contributed by atoms with van der Waals surface area (Å²) in [7, 11) is 0. The molecule has 3 nitrogen and oxygen atoms in total. The Labute approximate surface area is 168 Å². The minimum absolute atomic E-state index is 0. The zero-order chi connectivity index (χ0) is 17.9. The summed E-state index contributed by atoms with van der Waals surface area (Å²) in [5.74, 6) is 1.30. The summed E-state index contributed by atoms with van der Waals surface area (Å²) in [5, 5.41) is 3.73. The Morgan fingerprint density at radius 2 is 1.96 bits per heavy atom. The van der Waals surface area contributed by atoms with Gasteiger partial charge in [0.05, 0.1) is 12.7 Å². The van der Waals surface area contributed by atoms with E-state index in [0.29, 0.717) is 30.2 Å². The van der Waals surface area contributed by atoms with Crippen molar-refractivity contribution in [1.82, 2.24) is 0 Å². The number of halogens is 2. The molecule has 27 heavy (non-hydrogen) atoms. The molecule has 3 atom stereocenters. The predicted molar refractivity (Wildman–Crippen MR) is 109 cm³/mol. The van der Waals surface area contributed by atoms with Crippen molar-refractivity contribution in [2.24, 2.45) is 11.8 Å². The van der Waals surface area contributed by atoms with E-state index in [1.807, 2.05) is 6.07 Å². The Morgan fingerprint density at radius 1 is 1.15 bits per heavy atom. The standard InChI is InChI=1S/C22H32FNO2.ClH/c1-2-3-11-25-20-13-17-19(14-18(20)23)24-21(15-8-5-4-6-9-15)16-10-7-12-26-22(16)17;/h13-16,21-22,24H,2-12H2,1H3;1H/t16-,21+,22-;/m0./s1. The summed E-state index contributed by atoms with van der Waals surface area (Å²) in [6, 6.07) is 3.95. The highest BCUT2D eigenvalue weighted by Crippen LogP contribution is 2.48. The minimum Gasteiger partial charge on any atom is -0.491 e. The molecule has 1 aromatic carbocycles. The quantitative estimate of drug-likeness (QED) is 0.594. The fourth-order valence-corrected chi connectivity index (χ4v) is 5.11. The van der Waals surface area contributed by atoms with Gasteiger partial charge in [0.25, 0.3) is 0 Å². The largest absolute Gasteiger partial charge is 0.491 e. The average Bonchev–Trinajstić information content (AvgIpc) is 2.69. The van der Waals surface area contributed by atoms with E-state index in [1.165, 1.54) is 38.5 Å². The van der Waals surface area contributed by atoms with Crippen molar-refractivity contribution >= 4 is 18.1 Å². The van der Waals surface area contributed by atoms with Crippen LogP contribution in [0, 0.1) is 17.7 Å². The molecular formula is C22H33ClFNO2. The van der Waals surface area contributed by atoms with Crippen LogP contribution in [0.25, 0.3) is 0 Å². The molecule has 1 saturated carbocycles. The van der Waals surface area contributed by atoms with Gasteiger partial charge in [-0.2, -0.15) is 0 Å². The molecule has 1 aromatic rings. The molecule has 2 fully saturated rings. The Kier molecular flexibility index (Phi) is 7.27. The van der Waals surface area contributed by atoms with Crippen LogP contribution in [-0.4, -0.2) is 19.3 Å². The molecule has 5 heteroatoms. The van der Waals surface area contributed by atoms with Crippen molar-refractivity contribution in [2.45, 2.75) is 76.9 Å². The van der Waals surface area contributed by atoms with Gasteiger partial charge >= 0.3 is 0 Å². The molecule has 3 aliphatic rings. The van der Waals surface area contributed by atoms with E-state index >= 15 is 0 Å². The van der Waals surface area contributed by atoms with Crippen LogP contribution >= 0.6 is 12.4 Å². The van der Waals surface area contributed by atoms with E-state index in [4.69, 9.17) is 9.47 Å². The zero-order valence-electron chi connectivity index (χ0n) is 16.3. The summed E-state index contributed by atoms with van der Waals surface area (Å²) in [6.45, 7) is 3.49. The lowest BCUT2D eigenvalue weighted by Crippen LogP contribution is -2.46. The number of unbranched alkanes of at least 4 members (excludes halogenated alkanes) is 1. The molecule has 0 aromatic heterocycles. The van der Waals surface area contributed by atoms with Crippen molar-refractivity contribution in [3.05, 3.63) is 23.5 Å². The second-order valence-electron chi connectivity index (χ2n) is 8.24. The molecule has 0 amide bonds. The van der Waals surface area contributed by atoms with Crippen molar-refractivity contribution in [3.63, 3.8) is 0 Å². The zero-order valence-corrected chi connectivity index (χ0v) is 17.2. The van der Waals surface area contributed by atoms with Crippen molar-refractivity contribution in [1.29, 1.82) is 0 Å². The molecule has 4 rings (SSSR count). The SMILES string of the molecule is CCCCOc1cc2c(cc1F)N[C@H](C1CCCCC1)[C@@H]1CCCO[C@H]21.Cl. The third-order valence-electron chi connectivity index (χ3n) is 6.48. The minimum atomic E-state index is -0.260. The second-order valence-corrected chi connectivity index (χ2v) is 8.24. The molecule has 2 aliphatic heterocycles.